The maximum absolute atomic E-state index is 12.0. The highest BCUT2D eigenvalue weighted by molar-refractivity contribution is 7.80. The highest BCUT2D eigenvalue weighted by Gasteiger charge is 2.29. The van der Waals surface area contributed by atoms with E-state index in [-0.39, 0.29) is 29.9 Å². The molecular formula is C13H16N4O2S. The second-order valence-electron chi connectivity index (χ2n) is 4.53. The number of nitrogens with zero attached hydrogens (tertiary/aromatic N) is 3. The van der Waals surface area contributed by atoms with E-state index < -0.39 is 0 Å². The molecule has 106 valence electrons. The molecular weight excluding hydrogens is 276 g/mol. The van der Waals surface area contributed by atoms with Gasteiger partial charge in [0, 0.05) is 24.8 Å². The summed E-state index contributed by atoms with van der Waals surface area (Å²) in [6, 6.07) is 3.57. The molecule has 2 rings (SSSR count). The van der Waals surface area contributed by atoms with Gasteiger partial charge in [-0.1, -0.05) is 18.3 Å². The first-order valence-electron chi connectivity index (χ1n) is 6.32. The number of piperazine rings is 1. The van der Waals surface area contributed by atoms with Crippen LogP contribution in [-0.2, 0) is 16.1 Å². The Morgan fingerprint density at radius 2 is 2.00 bits per heavy atom. The summed E-state index contributed by atoms with van der Waals surface area (Å²) < 4.78 is 0. The summed E-state index contributed by atoms with van der Waals surface area (Å²) in [4.78, 5) is 31.2. The van der Waals surface area contributed by atoms with E-state index in [0.717, 1.165) is 5.56 Å². The Morgan fingerprint density at radius 1 is 1.35 bits per heavy atom. The van der Waals surface area contributed by atoms with E-state index in [1.165, 1.54) is 9.80 Å². The van der Waals surface area contributed by atoms with Crippen molar-refractivity contribution in [3.05, 3.63) is 29.6 Å². The monoisotopic (exact) mass is 292 g/mol. The molecule has 1 saturated heterocycles. The Morgan fingerprint density at radius 3 is 2.65 bits per heavy atom. The van der Waals surface area contributed by atoms with Crippen LogP contribution >= 0.6 is 12.2 Å². The van der Waals surface area contributed by atoms with Crippen molar-refractivity contribution in [3.8, 4) is 0 Å². The third kappa shape index (κ3) is 2.93. The Labute approximate surface area is 122 Å². The molecule has 0 saturated carbocycles. The topological polar surface area (TPSA) is 79.5 Å². The van der Waals surface area contributed by atoms with Crippen LogP contribution in [0.4, 0.5) is 0 Å². The van der Waals surface area contributed by atoms with E-state index >= 15 is 0 Å². The van der Waals surface area contributed by atoms with Crippen LogP contribution in [0.2, 0.25) is 0 Å². The lowest BCUT2D eigenvalue weighted by atomic mass is 10.1. The average molecular weight is 292 g/mol. The van der Waals surface area contributed by atoms with E-state index in [1.807, 2.05) is 13.0 Å². The van der Waals surface area contributed by atoms with Crippen molar-refractivity contribution < 1.29 is 9.59 Å². The van der Waals surface area contributed by atoms with Gasteiger partial charge >= 0.3 is 0 Å². The third-order valence-electron chi connectivity index (χ3n) is 3.23. The van der Waals surface area contributed by atoms with Gasteiger partial charge in [-0.2, -0.15) is 0 Å². The molecule has 0 bridgehead atoms. The van der Waals surface area contributed by atoms with Gasteiger partial charge in [-0.3, -0.25) is 14.6 Å². The molecule has 2 heterocycles. The van der Waals surface area contributed by atoms with E-state index in [1.54, 1.807) is 12.3 Å². The largest absolute Gasteiger partial charge is 0.388 e. The third-order valence-corrected chi connectivity index (χ3v) is 3.42. The van der Waals surface area contributed by atoms with Crippen molar-refractivity contribution in [1.29, 1.82) is 0 Å². The van der Waals surface area contributed by atoms with Gasteiger partial charge in [0.25, 0.3) is 0 Å². The Balaban J connectivity index is 2.17. The van der Waals surface area contributed by atoms with E-state index in [9.17, 15) is 9.59 Å². The summed E-state index contributed by atoms with van der Waals surface area (Å²) >= 11 is 4.94. The van der Waals surface area contributed by atoms with Crippen molar-refractivity contribution >= 4 is 29.0 Å². The Kier molecular flexibility index (Phi) is 4.29. The SMILES string of the molecule is CCN1CC(=O)N(Cc2cccnc2C(N)=S)CC1=O. The van der Waals surface area contributed by atoms with Crippen LogP contribution in [0.15, 0.2) is 18.3 Å². The second kappa shape index (κ2) is 5.96. The fraction of sp³-hybridized carbons (Fsp3) is 0.385. The molecule has 1 aliphatic rings. The van der Waals surface area contributed by atoms with Crippen molar-refractivity contribution in [2.45, 2.75) is 13.5 Å². The number of hydrogen-bond acceptors (Lipinski definition) is 4. The molecule has 1 aliphatic heterocycles. The van der Waals surface area contributed by atoms with Crippen molar-refractivity contribution in [3.63, 3.8) is 0 Å². The first-order chi connectivity index (χ1) is 9.52. The highest BCUT2D eigenvalue weighted by atomic mass is 32.1. The molecule has 20 heavy (non-hydrogen) atoms. The number of rotatable bonds is 4. The van der Waals surface area contributed by atoms with Crippen molar-refractivity contribution in [2.24, 2.45) is 5.73 Å². The van der Waals surface area contributed by atoms with Gasteiger partial charge < -0.3 is 15.5 Å². The molecule has 0 aromatic carbocycles. The van der Waals surface area contributed by atoms with Crippen molar-refractivity contribution in [2.75, 3.05) is 19.6 Å². The van der Waals surface area contributed by atoms with Crippen molar-refractivity contribution in [1.82, 2.24) is 14.8 Å². The molecule has 1 aromatic heterocycles. The molecule has 7 heteroatoms. The number of aromatic nitrogens is 1. The zero-order valence-corrected chi connectivity index (χ0v) is 12.0. The van der Waals surface area contributed by atoms with Crippen LogP contribution in [0.3, 0.4) is 0 Å². The lowest BCUT2D eigenvalue weighted by Crippen LogP contribution is -2.53. The van der Waals surface area contributed by atoms with Gasteiger partial charge in [0.15, 0.2) is 0 Å². The Bertz CT molecular complexity index is 561. The predicted octanol–water partition coefficient (Wildman–Crippen LogP) is -0.0935. The van der Waals surface area contributed by atoms with Crippen LogP contribution in [0.1, 0.15) is 18.2 Å². The van der Waals surface area contributed by atoms with Gasteiger partial charge in [-0.05, 0) is 13.0 Å². The minimum atomic E-state index is -0.0795. The maximum atomic E-state index is 12.0. The quantitative estimate of drug-likeness (QED) is 0.784. The number of hydrogen-bond donors (Lipinski definition) is 1. The van der Waals surface area contributed by atoms with Crippen LogP contribution in [0, 0.1) is 0 Å². The summed E-state index contributed by atoms with van der Waals surface area (Å²) in [6.07, 6.45) is 1.60. The molecule has 0 aliphatic carbocycles. The summed E-state index contributed by atoms with van der Waals surface area (Å²) in [6.45, 7) is 2.90. The number of carbonyl (C=O) groups is 2. The molecule has 0 spiro atoms. The number of nitrogens with two attached hydrogens (primary N) is 1. The predicted molar refractivity (Wildman–Crippen MR) is 77.8 cm³/mol. The molecule has 0 radical (unpaired) electrons. The van der Waals surface area contributed by atoms with Gasteiger partial charge in [0.2, 0.25) is 11.8 Å². The summed E-state index contributed by atoms with van der Waals surface area (Å²) in [5.41, 5.74) is 6.87. The smallest absolute Gasteiger partial charge is 0.242 e. The van der Waals surface area contributed by atoms with Gasteiger partial charge in [0.05, 0.1) is 6.54 Å². The van der Waals surface area contributed by atoms with Crippen LogP contribution < -0.4 is 5.73 Å². The second-order valence-corrected chi connectivity index (χ2v) is 4.97. The van der Waals surface area contributed by atoms with Gasteiger partial charge in [-0.15, -0.1) is 0 Å². The minimum Gasteiger partial charge on any atom is -0.388 e. The van der Waals surface area contributed by atoms with E-state index in [4.69, 9.17) is 18.0 Å². The fourth-order valence-electron chi connectivity index (χ4n) is 2.13. The number of thiocarbonyl (C=S) groups is 1. The number of amides is 2. The van der Waals surface area contributed by atoms with Gasteiger partial charge in [0.1, 0.15) is 17.2 Å². The number of carbonyl (C=O) groups excluding carboxylic acids is 2. The fourth-order valence-corrected chi connectivity index (χ4v) is 2.31. The van der Waals surface area contributed by atoms with E-state index in [0.29, 0.717) is 18.8 Å². The molecule has 1 aromatic rings. The standard InChI is InChI=1S/C13H16N4O2S/c1-2-16-7-11(19)17(8-10(16)18)6-9-4-3-5-15-12(9)13(14)20/h3-5H,2,6-8H2,1H3,(H2,14,20). The normalized spacial score (nSPS) is 15.7. The lowest BCUT2D eigenvalue weighted by Gasteiger charge is -2.33. The average Bonchev–Trinajstić information content (AvgIpc) is 2.42. The zero-order chi connectivity index (χ0) is 14.7. The van der Waals surface area contributed by atoms with Crippen LogP contribution in [0.5, 0.6) is 0 Å². The van der Waals surface area contributed by atoms with E-state index in [2.05, 4.69) is 4.98 Å². The number of pyridine rings is 1. The lowest BCUT2D eigenvalue weighted by molar-refractivity contribution is -0.150. The molecule has 6 nitrogen and oxygen atoms in total. The Hall–Kier alpha value is -2.02. The summed E-state index contributed by atoms with van der Waals surface area (Å²) in [7, 11) is 0. The molecule has 0 atom stereocenters. The molecule has 2 amide bonds. The van der Waals surface area contributed by atoms with Crippen LogP contribution in [-0.4, -0.2) is 51.2 Å². The first kappa shape index (κ1) is 14.4. The minimum absolute atomic E-state index is 0.0483. The maximum Gasteiger partial charge on any atom is 0.242 e. The molecule has 0 unspecified atom stereocenters. The highest BCUT2D eigenvalue weighted by Crippen LogP contribution is 2.13. The summed E-state index contributed by atoms with van der Waals surface area (Å²) in [5.74, 6) is -0.128. The number of likely N-dealkylation sites (N-methyl/N-ethyl adjacent to an activating group) is 1. The molecule has 2 N–H and O–H groups in total. The zero-order valence-electron chi connectivity index (χ0n) is 11.2. The molecule has 1 fully saturated rings. The first-order valence-corrected chi connectivity index (χ1v) is 6.73. The van der Waals surface area contributed by atoms with Crippen LogP contribution in [0.25, 0.3) is 0 Å². The van der Waals surface area contributed by atoms with Gasteiger partial charge in [-0.25, -0.2) is 0 Å². The summed E-state index contributed by atoms with van der Waals surface area (Å²) in [5, 5.41) is 0.